The van der Waals surface area contributed by atoms with Crippen LogP contribution in [-0.4, -0.2) is 25.1 Å². The second-order valence-electron chi connectivity index (χ2n) is 7.96. The molecule has 0 radical (unpaired) electrons. The Morgan fingerprint density at radius 2 is 1.76 bits per heavy atom. The Balaban J connectivity index is 1.57. The van der Waals surface area contributed by atoms with Crippen LogP contribution in [-0.2, 0) is 4.79 Å². The second-order valence-corrected chi connectivity index (χ2v) is 8.40. The lowest BCUT2D eigenvalue weighted by Crippen LogP contribution is -2.39. The van der Waals surface area contributed by atoms with Gasteiger partial charge in [0.15, 0.2) is 6.10 Å². The Bertz CT molecular complexity index is 784. The first-order chi connectivity index (χ1) is 14.0. The van der Waals surface area contributed by atoms with Crippen molar-refractivity contribution in [3.05, 3.63) is 59.1 Å². The van der Waals surface area contributed by atoms with Crippen LogP contribution >= 0.6 is 11.6 Å². The van der Waals surface area contributed by atoms with E-state index in [0.29, 0.717) is 17.2 Å². The minimum Gasteiger partial charge on any atom is -0.481 e. The van der Waals surface area contributed by atoms with Crippen molar-refractivity contribution in [3.8, 4) is 5.75 Å². The zero-order chi connectivity index (χ0) is 20.8. The maximum absolute atomic E-state index is 12.7. The third kappa shape index (κ3) is 5.89. The number of nitrogens with one attached hydrogen (secondary N) is 1. The predicted octanol–water partition coefficient (Wildman–Crippen LogP) is 5.61. The zero-order valence-electron chi connectivity index (χ0n) is 17.5. The lowest BCUT2D eigenvalue weighted by atomic mass is 9.98. The summed E-state index contributed by atoms with van der Waals surface area (Å²) in [6.07, 6.45) is 2.56. The fourth-order valence-electron chi connectivity index (χ4n) is 3.63. The highest BCUT2D eigenvalue weighted by Crippen LogP contribution is 2.25. The molecule has 2 atom stereocenters. The summed E-state index contributed by atoms with van der Waals surface area (Å²) in [6.45, 7) is 8.51. The predicted molar refractivity (Wildman–Crippen MR) is 120 cm³/mol. The lowest BCUT2D eigenvalue weighted by molar-refractivity contribution is -0.128. The molecular formula is C24H31ClN2O2. The van der Waals surface area contributed by atoms with E-state index < -0.39 is 6.10 Å². The van der Waals surface area contributed by atoms with E-state index >= 15 is 0 Å². The van der Waals surface area contributed by atoms with Crippen LogP contribution in [0.5, 0.6) is 5.75 Å². The molecule has 0 aromatic heterocycles. The van der Waals surface area contributed by atoms with E-state index in [9.17, 15) is 4.79 Å². The molecule has 2 aromatic carbocycles. The van der Waals surface area contributed by atoms with Gasteiger partial charge in [0, 0.05) is 23.8 Å². The van der Waals surface area contributed by atoms with Gasteiger partial charge in [0.05, 0.1) is 6.04 Å². The monoisotopic (exact) mass is 414 g/mol. The number of rotatable bonds is 7. The van der Waals surface area contributed by atoms with Crippen molar-refractivity contribution in [1.82, 2.24) is 5.32 Å². The van der Waals surface area contributed by atoms with E-state index in [1.54, 1.807) is 24.3 Å². The summed E-state index contributed by atoms with van der Waals surface area (Å²) in [4.78, 5) is 15.1. The van der Waals surface area contributed by atoms with Crippen molar-refractivity contribution in [2.24, 2.45) is 5.92 Å². The first-order valence-electron chi connectivity index (χ1n) is 10.5. The van der Waals surface area contributed by atoms with Gasteiger partial charge in [-0.1, -0.05) is 37.6 Å². The Labute approximate surface area is 179 Å². The molecule has 1 saturated heterocycles. The highest BCUT2D eigenvalue weighted by Gasteiger charge is 2.21. The third-order valence-electron chi connectivity index (χ3n) is 5.66. The molecule has 1 aliphatic heterocycles. The van der Waals surface area contributed by atoms with Gasteiger partial charge in [0.25, 0.3) is 5.91 Å². The van der Waals surface area contributed by atoms with Gasteiger partial charge in [0.1, 0.15) is 5.75 Å². The smallest absolute Gasteiger partial charge is 0.261 e. The van der Waals surface area contributed by atoms with Crippen LogP contribution in [0.25, 0.3) is 0 Å². The standard InChI is InChI=1S/C24H31ClN2O2/c1-4-23(29-22-11-7-20(25)8-12-22)24(28)26-18(3)19-5-9-21(10-6-19)27-15-13-17(2)14-16-27/h5-12,17-18,23H,4,13-16H2,1-3H3,(H,26,28)/t18-,23+/m1/s1. The van der Waals surface area contributed by atoms with Crippen molar-refractivity contribution in [1.29, 1.82) is 0 Å². The molecule has 0 unspecified atom stereocenters. The molecule has 1 N–H and O–H groups in total. The summed E-state index contributed by atoms with van der Waals surface area (Å²) in [5, 5.41) is 3.72. The molecule has 3 rings (SSSR count). The molecule has 0 aliphatic carbocycles. The van der Waals surface area contributed by atoms with Crippen LogP contribution < -0.4 is 15.0 Å². The van der Waals surface area contributed by atoms with Gasteiger partial charge < -0.3 is 15.0 Å². The fraction of sp³-hybridized carbons (Fsp3) is 0.458. The molecule has 0 bridgehead atoms. The Hall–Kier alpha value is -2.20. The molecule has 5 heteroatoms. The Morgan fingerprint density at radius 3 is 2.34 bits per heavy atom. The van der Waals surface area contributed by atoms with E-state index in [0.717, 1.165) is 24.6 Å². The van der Waals surface area contributed by atoms with Crippen molar-refractivity contribution in [2.45, 2.75) is 52.2 Å². The third-order valence-corrected chi connectivity index (χ3v) is 5.91. The molecule has 1 heterocycles. The van der Waals surface area contributed by atoms with E-state index in [1.807, 2.05) is 13.8 Å². The number of nitrogens with zero attached hydrogens (tertiary/aromatic N) is 1. The van der Waals surface area contributed by atoms with Crippen LogP contribution in [0.1, 0.15) is 51.6 Å². The number of halogens is 1. The SMILES string of the molecule is CC[C@H](Oc1ccc(Cl)cc1)C(=O)N[C@H](C)c1ccc(N2CCC(C)CC2)cc1. The number of piperidine rings is 1. The maximum Gasteiger partial charge on any atom is 0.261 e. The van der Waals surface area contributed by atoms with Gasteiger partial charge in [-0.2, -0.15) is 0 Å². The molecular weight excluding hydrogens is 384 g/mol. The minimum absolute atomic E-state index is 0.0826. The number of ether oxygens (including phenoxy) is 1. The average Bonchev–Trinajstić information content (AvgIpc) is 2.74. The molecule has 1 amide bonds. The number of carbonyl (C=O) groups is 1. The molecule has 2 aromatic rings. The van der Waals surface area contributed by atoms with E-state index in [-0.39, 0.29) is 11.9 Å². The van der Waals surface area contributed by atoms with Crippen molar-refractivity contribution in [3.63, 3.8) is 0 Å². The van der Waals surface area contributed by atoms with Crippen molar-refractivity contribution < 1.29 is 9.53 Å². The summed E-state index contributed by atoms with van der Waals surface area (Å²) >= 11 is 5.91. The van der Waals surface area contributed by atoms with Crippen LogP contribution in [0.3, 0.4) is 0 Å². The van der Waals surface area contributed by atoms with Gasteiger partial charge in [-0.15, -0.1) is 0 Å². The number of amides is 1. The summed E-state index contributed by atoms with van der Waals surface area (Å²) in [6, 6.07) is 15.5. The second kappa shape index (κ2) is 10.0. The number of carbonyl (C=O) groups excluding carboxylic acids is 1. The summed E-state index contributed by atoms with van der Waals surface area (Å²) in [5.74, 6) is 1.36. The Kier molecular flexibility index (Phi) is 7.43. The topological polar surface area (TPSA) is 41.6 Å². The van der Waals surface area contributed by atoms with Crippen molar-refractivity contribution in [2.75, 3.05) is 18.0 Å². The Morgan fingerprint density at radius 1 is 1.14 bits per heavy atom. The molecule has 1 aliphatic rings. The zero-order valence-corrected chi connectivity index (χ0v) is 18.3. The van der Waals surface area contributed by atoms with E-state index in [4.69, 9.17) is 16.3 Å². The summed E-state index contributed by atoms with van der Waals surface area (Å²) < 4.78 is 5.85. The normalized spacial score (nSPS) is 16.9. The summed E-state index contributed by atoms with van der Waals surface area (Å²) in [5.41, 5.74) is 2.35. The first-order valence-corrected chi connectivity index (χ1v) is 10.9. The molecule has 4 nitrogen and oxygen atoms in total. The van der Waals surface area contributed by atoms with Crippen LogP contribution in [0.4, 0.5) is 5.69 Å². The highest BCUT2D eigenvalue weighted by atomic mass is 35.5. The molecule has 156 valence electrons. The lowest BCUT2D eigenvalue weighted by Gasteiger charge is -2.32. The highest BCUT2D eigenvalue weighted by molar-refractivity contribution is 6.30. The molecule has 0 saturated carbocycles. The number of hydrogen-bond donors (Lipinski definition) is 1. The quantitative estimate of drug-likeness (QED) is 0.640. The summed E-state index contributed by atoms with van der Waals surface area (Å²) in [7, 11) is 0. The number of hydrogen-bond acceptors (Lipinski definition) is 3. The van der Waals surface area contributed by atoms with E-state index in [1.165, 1.54) is 18.5 Å². The average molecular weight is 415 g/mol. The van der Waals surface area contributed by atoms with Gasteiger partial charge in [-0.25, -0.2) is 0 Å². The van der Waals surface area contributed by atoms with Gasteiger partial charge in [-0.3, -0.25) is 4.79 Å². The van der Waals surface area contributed by atoms with E-state index in [2.05, 4.69) is 41.4 Å². The maximum atomic E-state index is 12.7. The van der Waals surface area contributed by atoms with Gasteiger partial charge in [-0.05, 0) is 74.1 Å². The van der Waals surface area contributed by atoms with Crippen LogP contribution in [0.2, 0.25) is 5.02 Å². The van der Waals surface area contributed by atoms with Crippen molar-refractivity contribution >= 4 is 23.2 Å². The number of benzene rings is 2. The molecule has 29 heavy (non-hydrogen) atoms. The minimum atomic E-state index is -0.534. The fourth-order valence-corrected chi connectivity index (χ4v) is 3.76. The number of anilines is 1. The van der Waals surface area contributed by atoms with Gasteiger partial charge >= 0.3 is 0 Å². The first kappa shape index (κ1) is 21.5. The van der Waals surface area contributed by atoms with Crippen LogP contribution in [0.15, 0.2) is 48.5 Å². The molecule has 1 fully saturated rings. The largest absolute Gasteiger partial charge is 0.481 e. The van der Waals surface area contributed by atoms with Gasteiger partial charge in [0.2, 0.25) is 0 Å². The molecule has 0 spiro atoms. The van der Waals surface area contributed by atoms with Crippen LogP contribution in [0, 0.1) is 5.92 Å².